The lowest BCUT2D eigenvalue weighted by molar-refractivity contribution is -0.130. The number of sulfonamides is 1. The van der Waals surface area contributed by atoms with Crippen LogP contribution < -0.4 is 18.9 Å². The minimum atomic E-state index is -4.18. The van der Waals surface area contributed by atoms with Crippen molar-refractivity contribution in [3.05, 3.63) is 41.7 Å². The Labute approximate surface area is 193 Å². The van der Waals surface area contributed by atoms with Gasteiger partial charge in [0.25, 0.3) is 0 Å². The van der Waals surface area contributed by atoms with E-state index in [1.54, 1.807) is 26.1 Å². The molecule has 11 heteroatoms. The molecule has 0 fully saturated rings. The first-order valence-corrected chi connectivity index (χ1v) is 11.4. The summed E-state index contributed by atoms with van der Waals surface area (Å²) in [5.74, 6) is 0.103. The van der Waals surface area contributed by atoms with E-state index in [2.05, 4.69) is 0 Å². The van der Waals surface area contributed by atoms with E-state index >= 15 is 0 Å². The van der Waals surface area contributed by atoms with Gasteiger partial charge in [0.2, 0.25) is 21.7 Å². The number of hydrogen-bond donors (Lipinski definition) is 0. The van der Waals surface area contributed by atoms with Gasteiger partial charge in [-0.3, -0.25) is 4.79 Å². The number of nitrogens with zero attached hydrogens (tertiary/aromatic N) is 2. The summed E-state index contributed by atoms with van der Waals surface area (Å²) in [5.41, 5.74) is 0.693. The maximum absolute atomic E-state index is 13.7. The highest BCUT2D eigenvalue weighted by Gasteiger charge is 2.30. The Morgan fingerprint density at radius 1 is 0.939 bits per heavy atom. The van der Waals surface area contributed by atoms with Gasteiger partial charge in [-0.15, -0.1) is 0 Å². The summed E-state index contributed by atoms with van der Waals surface area (Å²) in [7, 11) is 3.12. The number of hydrogen-bond acceptors (Lipinski definition) is 7. The van der Waals surface area contributed by atoms with Crippen LogP contribution in [0.3, 0.4) is 0 Å². The molecule has 33 heavy (non-hydrogen) atoms. The molecular formula is C22H29FN2O7S. The van der Waals surface area contributed by atoms with Crippen LogP contribution in [0.2, 0.25) is 0 Å². The average molecular weight is 485 g/mol. The number of methoxy groups -OCH3 is 4. The maximum atomic E-state index is 13.7. The van der Waals surface area contributed by atoms with Gasteiger partial charge in [0, 0.05) is 20.1 Å². The molecule has 0 heterocycles. The van der Waals surface area contributed by atoms with E-state index in [0.29, 0.717) is 22.8 Å². The predicted molar refractivity (Wildman–Crippen MR) is 120 cm³/mol. The molecule has 9 nitrogen and oxygen atoms in total. The molecule has 2 rings (SSSR count). The molecule has 2 aromatic rings. The summed E-state index contributed by atoms with van der Waals surface area (Å²) in [5, 5.41) is 0. The zero-order chi connectivity index (χ0) is 24.8. The third kappa shape index (κ3) is 5.85. The van der Waals surface area contributed by atoms with E-state index in [0.717, 1.165) is 16.4 Å². The molecule has 0 aliphatic carbocycles. The van der Waals surface area contributed by atoms with Gasteiger partial charge in [-0.25, -0.2) is 12.8 Å². The highest BCUT2D eigenvalue weighted by atomic mass is 32.2. The first-order valence-electron chi connectivity index (χ1n) is 9.99. The van der Waals surface area contributed by atoms with Crippen LogP contribution in [-0.2, 0) is 21.4 Å². The Morgan fingerprint density at radius 3 is 2.00 bits per heavy atom. The second kappa shape index (κ2) is 11.2. The summed E-state index contributed by atoms with van der Waals surface area (Å²) < 4.78 is 62.0. The SMILES string of the molecule is CCN(CC(=O)N(C)Cc1cc(OC)c(OC)c(OC)c1)S(=O)(=O)c1cc(F)ccc1OC. The lowest BCUT2D eigenvalue weighted by atomic mass is 10.1. The second-order valence-electron chi connectivity index (χ2n) is 7.01. The van der Waals surface area contributed by atoms with E-state index < -0.39 is 28.3 Å². The van der Waals surface area contributed by atoms with Gasteiger partial charge >= 0.3 is 0 Å². The topological polar surface area (TPSA) is 94.6 Å². The van der Waals surface area contributed by atoms with Crippen LogP contribution in [0.15, 0.2) is 35.2 Å². The van der Waals surface area contributed by atoms with Crippen molar-refractivity contribution >= 4 is 15.9 Å². The number of carbonyl (C=O) groups excluding carboxylic acids is 1. The standard InChI is InChI=1S/C22H29FN2O7S/c1-7-25(33(27,28)20-12-16(23)8-9-17(20)29-3)14-21(26)24(2)13-15-10-18(30-4)22(32-6)19(11-15)31-5/h8-12H,7,13-14H2,1-6H3. The number of halogens is 1. The van der Waals surface area contributed by atoms with Crippen LogP contribution in [-0.4, -0.2) is 72.1 Å². The van der Waals surface area contributed by atoms with Crippen molar-refractivity contribution in [3.63, 3.8) is 0 Å². The van der Waals surface area contributed by atoms with Crippen molar-refractivity contribution in [2.24, 2.45) is 0 Å². The van der Waals surface area contributed by atoms with Crippen LogP contribution in [0, 0.1) is 5.82 Å². The Bertz CT molecular complexity index is 1070. The molecule has 0 aliphatic heterocycles. The van der Waals surface area contributed by atoms with Crippen LogP contribution in [0.5, 0.6) is 23.0 Å². The zero-order valence-electron chi connectivity index (χ0n) is 19.5. The molecule has 1 amide bonds. The van der Waals surface area contributed by atoms with Gasteiger partial charge in [0.05, 0.1) is 35.0 Å². The summed E-state index contributed by atoms with van der Waals surface area (Å²) in [6, 6.07) is 6.62. The van der Waals surface area contributed by atoms with Gasteiger partial charge < -0.3 is 23.8 Å². The largest absolute Gasteiger partial charge is 0.495 e. The van der Waals surface area contributed by atoms with Crippen LogP contribution in [0.4, 0.5) is 4.39 Å². The predicted octanol–water partition coefficient (Wildman–Crippen LogP) is 2.53. The zero-order valence-corrected chi connectivity index (χ0v) is 20.4. The molecule has 0 aliphatic rings. The van der Waals surface area contributed by atoms with Crippen molar-refractivity contribution in [2.45, 2.75) is 18.4 Å². The number of likely N-dealkylation sites (N-methyl/N-ethyl adjacent to an activating group) is 2. The van der Waals surface area contributed by atoms with E-state index in [9.17, 15) is 17.6 Å². The average Bonchev–Trinajstić information content (AvgIpc) is 2.81. The van der Waals surface area contributed by atoms with Crippen molar-refractivity contribution in [1.29, 1.82) is 0 Å². The van der Waals surface area contributed by atoms with Crippen molar-refractivity contribution < 1.29 is 36.6 Å². The molecular weight excluding hydrogens is 455 g/mol. The molecule has 2 aromatic carbocycles. The van der Waals surface area contributed by atoms with Crippen molar-refractivity contribution in [1.82, 2.24) is 9.21 Å². The Balaban J connectivity index is 2.25. The smallest absolute Gasteiger partial charge is 0.247 e. The molecule has 0 saturated carbocycles. The first kappa shape index (κ1) is 26.2. The number of ether oxygens (including phenoxy) is 4. The summed E-state index contributed by atoms with van der Waals surface area (Å²) in [6.45, 7) is 1.33. The minimum Gasteiger partial charge on any atom is -0.495 e. The van der Waals surface area contributed by atoms with E-state index in [4.69, 9.17) is 18.9 Å². The molecule has 0 saturated heterocycles. The quantitative estimate of drug-likeness (QED) is 0.484. The van der Waals surface area contributed by atoms with Crippen molar-refractivity contribution in [3.8, 4) is 23.0 Å². The summed E-state index contributed by atoms with van der Waals surface area (Å²) in [6.07, 6.45) is 0. The summed E-state index contributed by atoms with van der Waals surface area (Å²) >= 11 is 0. The van der Waals surface area contributed by atoms with Gasteiger partial charge in [0.1, 0.15) is 16.5 Å². The number of benzene rings is 2. The lowest BCUT2D eigenvalue weighted by Gasteiger charge is -2.25. The van der Waals surface area contributed by atoms with Crippen LogP contribution in [0.1, 0.15) is 12.5 Å². The van der Waals surface area contributed by atoms with E-state index in [1.165, 1.54) is 39.4 Å². The lowest BCUT2D eigenvalue weighted by Crippen LogP contribution is -2.41. The van der Waals surface area contributed by atoms with Crippen molar-refractivity contribution in [2.75, 3.05) is 48.6 Å². The molecule has 0 radical (unpaired) electrons. The first-order chi connectivity index (χ1) is 15.6. The van der Waals surface area contributed by atoms with Gasteiger partial charge in [-0.1, -0.05) is 6.92 Å². The monoisotopic (exact) mass is 484 g/mol. The summed E-state index contributed by atoms with van der Waals surface area (Å²) in [4.78, 5) is 13.9. The molecule has 0 unspecified atom stereocenters. The maximum Gasteiger partial charge on any atom is 0.247 e. The third-order valence-electron chi connectivity index (χ3n) is 4.98. The molecule has 0 N–H and O–H groups in total. The molecule has 0 bridgehead atoms. The Hall–Kier alpha value is -3.05. The normalized spacial score (nSPS) is 11.3. The molecule has 182 valence electrons. The Morgan fingerprint density at radius 2 is 1.52 bits per heavy atom. The fourth-order valence-electron chi connectivity index (χ4n) is 3.22. The highest BCUT2D eigenvalue weighted by Crippen LogP contribution is 2.38. The van der Waals surface area contributed by atoms with Gasteiger partial charge in [0.15, 0.2) is 11.5 Å². The highest BCUT2D eigenvalue weighted by molar-refractivity contribution is 7.89. The van der Waals surface area contributed by atoms with E-state index in [-0.39, 0.29) is 23.7 Å². The molecule has 0 spiro atoms. The number of rotatable bonds is 11. The van der Waals surface area contributed by atoms with Gasteiger partial charge in [-0.2, -0.15) is 4.31 Å². The minimum absolute atomic E-state index is 0.00572. The Kier molecular flexibility index (Phi) is 8.89. The van der Waals surface area contributed by atoms with Crippen LogP contribution in [0.25, 0.3) is 0 Å². The fourth-order valence-corrected chi connectivity index (χ4v) is 4.78. The second-order valence-corrected chi connectivity index (χ2v) is 8.92. The van der Waals surface area contributed by atoms with Crippen LogP contribution >= 0.6 is 0 Å². The fraction of sp³-hybridized carbons (Fsp3) is 0.409. The number of carbonyl (C=O) groups is 1. The molecule has 0 atom stereocenters. The number of amides is 1. The van der Waals surface area contributed by atoms with Gasteiger partial charge in [-0.05, 0) is 35.9 Å². The van der Waals surface area contributed by atoms with E-state index in [1.807, 2.05) is 0 Å². The third-order valence-corrected chi connectivity index (χ3v) is 6.92. The molecule has 0 aromatic heterocycles.